The Kier molecular flexibility index (Phi) is 5.72. The number of aromatic nitrogens is 1. The quantitative estimate of drug-likeness (QED) is 0.590. The van der Waals surface area contributed by atoms with Crippen LogP contribution in [0.4, 0.5) is 17.6 Å². The number of alkyl halides is 3. The first-order chi connectivity index (χ1) is 13.6. The van der Waals surface area contributed by atoms with Crippen molar-refractivity contribution >= 4 is 10.0 Å². The average molecular weight is 424 g/mol. The van der Waals surface area contributed by atoms with Crippen molar-refractivity contribution in [1.29, 1.82) is 0 Å². The zero-order valence-corrected chi connectivity index (χ0v) is 15.9. The Bertz CT molecular complexity index is 1130. The summed E-state index contributed by atoms with van der Waals surface area (Å²) in [6.07, 6.45) is -2.15. The Morgan fingerprint density at radius 1 is 1.03 bits per heavy atom. The minimum atomic E-state index is -4.65. The van der Waals surface area contributed by atoms with E-state index in [1.165, 1.54) is 12.3 Å². The van der Waals surface area contributed by atoms with Gasteiger partial charge >= 0.3 is 6.18 Å². The lowest BCUT2D eigenvalue weighted by Gasteiger charge is -2.16. The predicted octanol–water partition coefficient (Wildman–Crippen LogP) is 4.95. The van der Waals surface area contributed by atoms with E-state index in [1.807, 2.05) is 0 Å². The zero-order chi connectivity index (χ0) is 21.2. The lowest BCUT2D eigenvalue weighted by molar-refractivity contribution is -0.137. The number of hydrogen-bond acceptors (Lipinski definition) is 3. The number of pyridine rings is 1. The van der Waals surface area contributed by atoms with Crippen LogP contribution in [-0.4, -0.2) is 13.4 Å². The van der Waals surface area contributed by atoms with Gasteiger partial charge in [-0.3, -0.25) is 4.98 Å². The maximum absolute atomic E-state index is 14.0. The summed E-state index contributed by atoms with van der Waals surface area (Å²) >= 11 is 0. The molecule has 0 unspecified atom stereocenters. The molecule has 29 heavy (non-hydrogen) atoms. The molecule has 0 aliphatic carbocycles. The number of nitrogens with one attached hydrogen (secondary N) is 1. The molecule has 1 aromatic heterocycles. The molecule has 0 aliphatic heterocycles. The van der Waals surface area contributed by atoms with Crippen LogP contribution in [0, 0.1) is 5.82 Å². The van der Waals surface area contributed by atoms with Gasteiger partial charge in [0.05, 0.1) is 16.7 Å². The van der Waals surface area contributed by atoms with Crippen molar-refractivity contribution in [3.63, 3.8) is 0 Å². The highest BCUT2D eigenvalue weighted by Crippen LogP contribution is 2.31. The van der Waals surface area contributed by atoms with Crippen molar-refractivity contribution in [3.05, 3.63) is 83.9 Å². The first-order valence-electron chi connectivity index (χ1n) is 8.47. The standard InChI is InChI=1S/C20H16F4N2O2S/c1-13(14-4-2-5-15(10-14)18-8-9-25-12-19(18)21)26-29(27,28)17-7-3-6-16(11-17)20(22,23)24/h2-13,26H,1H3/t13-/m0/s1. The van der Waals surface area contributed by atoms with Gasteiger partial charge in [0.2, 0.25) is 10.0 Å². The summed E-state index contributed by atoms with van der Waals surface area (Å²) in [5, 5.41) is 0. The third-order valence-electron chi connectivity index (χ3n) is 4.27. The average Bonchev–Trinajstić information content (AvgIpc) is 2.67. The second kappa shape index (κ2) is 7.92. The number of rotatable bonds is 5. The van der Waals surface area contributed by atoms with E-state index in [2.05, 4.69) is 9.71 Å². The molecule has 1 N–H and O–H groups in total. The van der Waals surface area contributed by atoms with Crippen molar-refractivity contribution < 1.29 is 26.0 Å². The van der Waals surface area contributed by atoms with Gasteiger partial charge in [-0.15, -0.1) is 0 Å². The van der Waals surface area contributed by atoms with Gasteiger partial charge in [-0.25, -0.2) is 17.5 Å². The highest BCUT2D eigenvalue weighted by atomic mass is 32.2. The molecular formula is C20H16F4N2O2S. The second-order valence-electron chi connectivity index (χ2n) is 6.35. The monoisotopic (exact) mass is 424 g/mol. The van der Waals surface area contributed by atoms with Crippen molar-refractivity contribution in [2.75, 3.05) is 0 Å². The van der Waals surface area contributed by atoms with E-state index in [0.29, 0.717) is 22.8 Å². The van der Waals surface area contributed by atoms with Crippen LogP contribution in [0.5, 0.6) is 0 Å². The van der Waals surface area contributed by atoms with E-state index in [4.69, 9.17) is 0 Å². The van der Waals surface area contributed by atoms with E-state index >= 15 is 0 Å². The summed E-state index contributed by atoms with van der Waals surface area (Å²) < 4.78 is 80.1. The van der Waals surface area contributed by atoms with Crippen LogP contribution in [0.3, 0.4) is 0 Å². The predicted molar refractivity (Wildman–Crippen MR) is 99.8 cm³/mol. The molecule has 9 heteroatoms. The molecular weight excluding hydrogens is 408 g/mol. The van der Waals surface area contributed by atoms with Gasteiger partial charge in [0, 0.05) is 17.8 Å². The van der Waals surface area contributed by atoms with Gasteiger partial charge < -0.3 is 0 Å². The second-order valence-corrected chi connectivity index (χ2v) is 8.06. The summed E-state index contributed by atoms with van der Waals surface area (Å²) in [6.45, 7) is 1.55. The molecule has 0 amide bonds. The summed E-state index contributed by atoms with van der Waals surface area (Å²) in [6, 6.07) is 10.8. The van der Waals surface area contributed by atoms with Crippen LogP contribution in [-0.2, 0) is 16.2 Å². The Morgan fingerprint density at radius 2 is 1.76 bits per heavy atom. The van der Waals surface area contributed by atoms with E-state index in [-0.39, 0.29) is 0 Å². The van der Waals surface area contributed by atoms with Gasteiger partial charge in [-0.2, -0.15) is 13.2 Å². The molecule has 0 spiro atoms. The SMILES string of the molecule is C[C@H](NS(=O)(=O)c1cccc(C(F)(F)F)c1)c1cccc(-c2ccncc2F)c1. The van der Waals surface area contributed by atoms with Crippen molar-refractivity contribution in [2.24, 2.45) is 0 Å². The summed E-state index contributed by atoms with van der Waals surface area (Å²) in [4.78, 5) is 3.20. The Balaban J connectivity index is 1.88. The van der Waals surface area contributed by atoms with Crippen molar-refractivity contribution in [2.45, 2.75) is 24.0 Å². The third kappa shape index (κ3) is 4.80. The van der Waals surface area contributed by atoms with Crippen molar-refractivity contribution in [3.8, 4) is 11.1 Å². The van der Waals surface area contributed by atoms with E-state index < -0.39 is 38.5 Å². The molecule has 0 bridgehead atoms. The van der Waals surface area contributed by atoms with Gasteiger partial charge in [-0.05, 0) is 48.4 Å². The summed E-state index contributed by atoms with van der Waals surface area (Å²) in [7, 11) is -4.21. The molecule has 1 atom stereocenters. The number of halogens is 4. The molecule has 0 aliphatic rings. The number of hydrogen-bond donors (Lipinski definition) is 1. The van der Waals surface area contributed by atoms with Crippen LogP contribution in [0.1, 0.15) is 24.1 Å². The fourth-order valence-corrected chi connectivity index (χ4v) is 4.07. The molecule has 3 aromatic rings. The highest BCUT2D eigenvalue weighted by molar-refractivity contribution is 7.89. The Labute approximate surface area is 165 Å². The molecule has 0 fully saturated rings. The van der Waals surface area contributed by atoms with E-state index in [1.54, 1.807) is 31.2 Å². The minimum Gasteiger partial charge on any atom is -0.262 e. The molecule has 152 valence electrons. The number of nitrogens with zero attached hydrogens (tertiary/aromatic N) is 1. The first kappa shape index (κ1) is 20.9. The largest absolute Gasteiger partial charge is 0.416 e. The van der Waals surface area contributed by atoms with Gasteiger partial charge in [0.25, 0.3) is 0 Å². The van der Waals surface area contributed by atoms with Crippen LogP contribution in [0.2, 0.25) is 0 Å². The van der Waals surface area contributed by atoms with Gasteiger partial charge in [0.1, 0.15) is 5.82 Å². The van der Waals surface area contributed by atoms with Gasteiger partial charge in [-0.1, -0.05) is 24.3 Å². The fourth-order valence-electron chi connectivity index (χ4n) is 2.79. The normalized spacial score (nSPS) is 13.3. The van der Waals surface area contributed by atoms with Crippen LogP contribution in [0.25, 0.3) is 11.1 Å². The molecule has 2 aromatic carbocycles. The highest BCUT2D eigenvalue weighted by Gasteiger charge is 2.32. The zero-order valence-electron chi connectivity index (χ0n) is 15.1. The van der Waals surface area contributed by atoms with E-state index in [0.717, 1.165) is 24.4 Å². The lowest BCUT2D eigenvalue weighted by atomic mass is 10.0. The van der Waals surface area contributed by atoms with Crippen LogP contribution >= 0.6 is 0 Å². The lowest BCUT2D eigenvalue weighted by Crippen LogP contribution is -2.27. The Morgan fingerprint density at radius 3 is 2.45 bits per heavy atom. The minimum absolute atomic E-state index is 0.301. The van der Waals surface area contributed by atoms with Crippen LogP contribution < -0.4 is 4.72 Å². The molecule has 3 rings (SSSR count). The smallest absolute Gasteiger partial charge is 0.262 e. The molecule has 0 saturated carbocycles. The third-order valence-corrected chi connectivity index (χ3v) is 5.81. The fraction of sp³-hybridized carbons (Fsp3) is 0.150. The number of benzene rings is 2. The molecule has 1 heterocycles. The molecule has 4 nitrogen and oxygen atoms in total. The van der Waals surface area contributed by atoms with Gasteiger partial charge in [0.15, 0.2) is 0 Å². The molecule has 0 radical (unpaired) electrons. The Hall–Kier alpha value is -2.78. The maximum Gasteiger partial charge on any atom is 0.416 e. The topological polar surface area (TPSA) is 59.1 Å². The maximum atomic E-state index is 14.0. The van der Waals surface area contributed by atoms with Crippen LogP contribution in [0.15, 0.2) is 71.9 Å². The summed E-state index contributed by atoms with van der Waals surface area (Å²) in [5.41, 5.74) is 0.291. The first-order valence-corrected chi connectivity index (χ1v) is 9.96. The van der Waals surface area contributed by atoms with E-state index in [9.17, 15) is 26.0 Å². The number of sulfonamides is 1. The summed E-state index contributed by atoms with van der Waals surface area (Å²) in [5.74, 6) is -0.526. The molecule has 0 saturated heterocycles. The van der Waals surface area contributed by atoms with Crippen molar-refractivity contribution in [1.82, 2.24) is 9.71 Å².